The lowest BCUT2D eigenvalue weighted by atomic mass is 9.87. The molecule has 0 aliphatic carbocycles. The zero-order valence-electron chi connectivity index (χ0n) is 18.3. The van der Waals surface area contributed by atoms with Gasteiger partial charge in [0.2, 0.25) is 0 Å². The third-order valence-electron chi connectivity index (χ3n) is 4.75. The topological polar surface area (TPSA) is 66.1 Å². The highest BCUT2D eigenvalue weighted by Gasteiger charge is 2.36. The summed E-state index contributed by atoms with van der Waals surface area (Å²) in [4.78, 5) is 4.85. The van der Waals surface area contributed by atoms with Crippen molar-refractivity contribution in [2.24, 2.45) is 0 Å². The van der Waals surface area contributed by atoms with E-state index in [1.54, 1.807) is 23.6 Å². The van der Waals surface area contributed by atoms with E-state index >= 15 is 0 Å². The second-order valence-corrected chi connectivity index (χ2v) is 10.3. The van der Waals surface area contributed by atoms with Crippen molar-refractivity contribution in [2.45, 2.75) is 43.5 Å². The van der Waals surface area contributed by atoms with Gasteiger partial charge in [-0.25, -0.2) is 4.98 Å². The highest BCUT2D eigenvalue weighted by Crippen LogP contribution is 2.38. The largest absolute Gasteiger partial charge is 0.491 e. The molecule has 0 bridgehead atoms. The van der Waals surface area contributed by atoms with Crippen molar-refractivity contribution in [3.63, 3.8) is 0 Å². The van der Waals surface area contributed by atoms with E-state index in [1.807, 2.05) is 24.3 Å². The number of hydrogen-bond donors (Lipinski definition) is 1. The molecule has 4 nitrogen and oxygen atoms in total. The standard InChI is InChI=1S/C24H23F3N2O2S2/c1-23(2,3)15-6-8-17(9-7-15)31-13-16(30)14-33-22-18(12-28)19(24(25,26)27)11-20(29-22)21-5-4-10-32-21/h4-11,16,30H,13-14H2,1-3H3. The Morgan fingerprint density at radius 3 is 2.42 bits per heavy atom. The number of nitrogens with zero attached hydrogens (tertiary/aromatic N) is 2. The molecule has 0 amide bonds. The van der Waals surface area contributed by atoms with E-state index in [9.17, 15) is 23.5 Å². The first-order valence-electron chi connectivity index (χ1n) is 10.1. The molecule has 2 heterocycles. The Morgan fingerprint density at radius 1 is 1.18 bits per heavy atom. The van der Waals surface area contributed by atoms with Crippen LogP contribution < -0.4 is 4.74 Å². The molecule has 0 saturated heterocycles. The maximum atomic E-state index is 13.6. The van der Waals surface area contributed by atoms with Crippen molar-refractivity contribution in [3.8, 4) is 22.4 Å². The number of rotatable bonds is 7. The highest BCUT2D eigenvalue weighted by atomic mass is 32.2. The predicted molar refractivity (Wildman–Crippen MR) is 125 cm³/mol. The fourth-order valence-corrected chi connectivity index (χ4v) is 4.57. The molecular formula is C24H23F3N2O2S2. The van der Waals surface area contributed by atoms with Crippen LogP contribution in [0.15, 0.2) is 52.9 Å². The van der Waals surface area contributed by atoms with Crippen molar-refractivity contribution in [3.05, 3.63) is 64.5 Å². The SMILES string of the molecule is CC(C)(C)c1ccc(OCC(O)CSc2nc(-c3cccs3)cc(C(F)(F)F)c2C#N)cc1. The van der Waals surface area contributed by atoms with Crippen molar-refractivity contribution in [2.75, 3.05) is 12.4 Å². The number of nitriles is 1. The van der Waals surface area contributed by atoms with Gasteiger partial charge >= 0.3 is 6.18 Å². The summed E-state index contributed by atoms with van der Waals surface area (Å²) in [7, 11) is 0. The van der Waals surface area contributed by atoms with Gasteiger partial charge in [-0.15, -0.1) is 23.1 Å². The molecule has 0 radical (unpaired) electrons. The summed E-state index contributed by atoms with van der Waals surface area (Å²) in [6.07, 6.45) is -5.67. The van der Waals surface area contributed by atoms with Gasteiger partial charge in [-0.3, -0.25) is 0 Å². The van der Waals surface area contributed by atoms with E-state index in [0.717, 1.165) is 23.4 Å². The summed E-state index contributed by atoms with van der Waals surface area (Å²) in [6, 6.07) is 13.4. The van der Waals surface area contributed by atoms with Crippen LogP contribution in [0, 0.1) is 11.3 Å². The molecule has 3 rings (SSSR count). The van der Waals surface area contributed by atoms with Gasteiger partial charge in [0.05, 0.1) is 27.8 Å². The molecule has 1 atom stereocenters. The second-order valence-electron chi connectivity index (χ2n) is 8.37. The molecule has 0 spiro atoms. The van der Waals surface area contributed by atoms with Crippen LogP contribution in [0.1, 0.15) is 37.5 Å². The number of ether oxygens (including phenoxy) is 1. The molecule has 1 unspecified atom stereocenters. The Morgan fingerprint density at radius 2 is 1.88 bits per heavy atom. The summed E-state index contributed by atoms with van der Waals surface area (Å²) < 4.78 is 46.4. The van der Waals surface area contributed by atoms with E-state index in [-0.39, 0.29) is 28.5 Å². The summed E-state index contributed by atoms with van der Waals surface area (Å²) in [5, 5.41) is 21.4. The van der Waals surface area contributed by atoms with Crippen LogP contribution in [-0.4, -0.2) is 28.6 Å². The van der Waals surface area contributed by atoms with Crippen molar-refractivity contribution < 1.29 is 23.0 Å². The first-order valence-corrected chi connectivity index (χ1v) is 12.0. The molecule has 2 aromatic heterocycles. The lowest BCUT2D eigenvalue weighted by Crippen LogP contribution is -2.20. The van der Waals surface area contributed by atoms with Crippen LogP contribution in [0.4, 0.5) is 13.2 Å². The van der Waals surface area contributed by atoms with E-state index in [4.69, 9.17) is 4.74 Å². The summed E-state index contributed by atoms with van der Waals surface area (Å²) in [5.41, 5.74) is -0.280. The Labute approximate surface area is 199 Å². The van der Waals surface area contributed by atoms with Crippen molar-refractivity contribution in [1.29, 1.82) is 5.26 Å². The van der Waals surface area contributed by atoms with Gasteiger partial charge in [0.1, 0.15) is 23.5 Å². The molecular weight excluding hydrogens is 469 g/mol. The minimum Gasteiger partial charge on any atom is -0.491 e. The predicted octanol–water partition coefficient (Wildman–Crippen LogP) is 6.53. The van der Waals surface area contributed by atoms with Crippen LogP contribution in [-0.2, 0) is 11.6 Å². The Hall–Kier alpha value is -2.54. The third kappa shape index (κ3) is 6.50. The van der Waals surface area contributed by atoms with E-state index in [1.165, 1.54) is 11.3 Å². The third-order valence-corrected chi connectivity index (χ3v) is 6.76. The van der Waals surface area contributed by atoms with E-state index in [2.05, 4.69) is 25.8 Å². The number of benzene rings is 1. The molecule has 0 aliphatic rings. The van der Waals surface area contributed by atoms with Gasteiger partial charge in [-0.2, -0.15) is 18.4 Å². The monoisotopic (exact) mass is 492 g/mol. The van der Waals surface area contributed by atoms with Gasteiger partial charge < -0.3 is 9.84 Å². The van der Waals surface area contributed by atoms with Gasteiger partial charge in [0.25, 0.3) is 0 Å². The number of aliphatic hydroxyl groups is 1. The molecule has 3 aromatic rings. The molecule has 0 fully saturated rings. The maximum absolute atomic E-state index is 13.6. The second kappa shape index (κ2) is 10.2. The molecule has 1 aromatic carbocycles. The van der Waals surface area contributed by atoms with Gasteiger partial charge in [0.15, 0.2) is 0 Å². The maximum Gasteiger partial charge on any atom is 0.417 e. The fourth-order valence-electron chi connectivity index (χ4n) is 2.98. The number of thiophene rings is 1. The van der Waals surface area contributed by atoms with E-state index in [0.29, 0.717) is 10.6 Å². The molecule has 1 N–H and O–H groups in total. The quantitative estimate of drug-likeness (QED) is 0.380. The Kier molecular flexibility index (Phi) is 7.73. The lowest BCUT2D eigenvalue weighted by Gasteiger charge is -2.19. The summed E-state index contributed by atoms with van der Waals surface area (Å²) in [6.45, 7) is 6.27. The van der Waals surface area contributed by atoms with Crippen LogP contribution in [0.3, 0.4) is 0 Å². The number of hydrogen-bond acceptors (Lipinski definition) is 6. The number of pyridine rings is 1. The lowest BCUT2D eigenvalue weighted by molar-refractivity contribution is -0.138. The van der Waals surface area contributed by atoms with Crippen LogP contribution >= 0.6 is 23.1 Å². The number of halogens is 3. The zero-order chi connectivity index (χ0) is 24.2. The zero-order valence-corrected chi connectivity index (χ0v) is 19.9. The molecule has 0 aliphatic heterocycles. The normalized spacial score (nSPS) is 12.9. The average Bonchev–Trinajstić information content (AvgIpc) is 3.29. The van der Waals surface area contributed by atoms with Crippen molar-refractivity contribution in [1.82, 2.24) is 4.98 Å². The van der Waals surface area contributed by atoms with Gasteiger partial charge in [0, 0.05) is 5.75 Å². The number of alkyl halides is 3. The van der Waals surface area contributed by atoms with Crippen molar-refractivity contribution >= 4 is 23.1 Å². The number of aliphatic hydroxyl groups excluding tert-OH is 1. The van der Waals surface area contributed by atoms with Gasteiger partial charge in [-0.05, 0) is 40.6 Å². The molecule has 174 valence electrons. The first kappa shape index (κ1) is 25.1. The molecule has 9 heteroatoms. The minimum absolute atomic E-state index is 0.00699. The average molecular weight is 493 g/mol. The number of thioether (sulfide) groups is 1. The molecule has 0 saturated carbocycles. The van der Waals surface area contributed by atoms with Crippen LogP contribution in [0.25, 0.3) is 10.6 Å². The highest BCUT2D eigenvalue weighted by molar-refractivity contribution is 7.99. The summed E-state index contributed by atoms with van der Waals surface area (Å²) >= 11 is 2.16. The fraction of sp³-hybridized carbons (Fsp3) is 0.333. The van der Waals surface area contributed by atoms with Crippen LogP contribution in [0.2, 0.25) is 0 Å². The van der Waals surface area contributed by atoms with E-state index < -0.39 is 23.4 Å². The molecule has 33 heavy (non-hydrogen) atoms. The van der Waals surface area contributed by atoms with Gasteiger partial charge in [-0.1, -0.05) is 39.0 Å². The number of aromatic nitrogens is 1. The minimum atomic E-state index is -4.70. The Balaban J connectivity index is 1.72. The smallest absolute Gasteiger partial charge is 0.417 e. The summed E-state index contributed by atoms with van der Waals surface area (Å²) in [5.74, 6) is 0.606. The first-order chi connectivity index (χ1) is 15.5. The Bertz CT molecular complexity index is 1120. The van der Waals surface area contributed by atoms with Crippen LogP contribution in [0.5, 0.6) is 5.75 Å².